The van der Waals surface area contributed by atoms with Crippen molar-refractivity contribution >= 4 is 51.8 Å². The van der Waals surface area contributed by atoms with E-state index in [1.54, 1.807) is 24.4 Å². The number of aromatic nitrogens is 1. The first-order valence-electron chi connectivity index (χ1n) is 5.05. The minimum absolute atomic E-state index is 0.234. The molecular formula is C12H9Cl2N3S. The molecule has 3 N–H and O–H groups in total. The second-order valence-electron chi connectivity index (χ2n) is 3.52. The molecule has 0 spiro atoms. The minimum atomic E-state index is 0.234. The molecule has 1 heterocycles. The zero-order valence-corrected chi connectivity index (χ0v) is 11.5. The predicted octanol–water partition coefficient (Wildman–Crippen LogP) is 3.77. The van der Waals surface area contributed by atoms with Crippen LogP contribution in [0.25, 0.3) is 0 Å². The van der Waals surface area contributed by atoms with Gasteiger partial charge in [0.15, 0.2) is 0 Å². The van der Waals surface area contributed by atoms with E-state index in [0.29, 0.717) is 15.7 Å². The number of benzene rings is 1. The molecule has 0 saturated carbocycles. The number of nitrogens with zero attached hydrogens (tertiary/aromatic N) is 1. The third-order valence-corrected chi connectivity index (χ3v) is 3.17. The van der Waals surface area contributed by atoms with Crippen LogP contribution >= 0.6 is 35.4 Å². The Morgan fingerprint density at radius 2 is 2.00 bits per heavy atom. The van der Waals surface area contributed by atoms with Crippen LogP contribution in [0.2, 0.25) is 10.0 Å². The number of halogens is 2. The van der Waals surface area contributed by atoms with Gasteiger partial charge in [0.1, 0.15) is 10.7 Å². The maximum Gasteiger partial charge on any atom is 0.124 e. The van der Waals surface area contributed by atoms with E-state index in [0.717, 1.165) is 11.4 Å². The van der Waals surface area contributed by atoms with Crippen LogP contribution in [-0.4, -0.2) is 9.97 Å². The summed E-state index contributed by atoms with van der Waals surface area (Å²) in [4.78, 5) is 4.36. The topological polar surface area (TPSA) is 50.9 Å². The fourth-order valence-electron chi connectivity index (χ4n) is 1.43. The summed E-state index contributed by atoms with van der Waals surface area (Å²) in [6, 6.07) is 8.87. The number of hydrogen-bond acceptors (Lipinski definition) is 3. The van der Waals surface area contributed by atoms with Crippen LogP contribution < -0.4 is 11.1 Å². The van der Waals surface area contributed by atoms with E-state index in [1.165, 1.54) is 0 Å². The van der Waals surface area contributed by atoms with Crippen molar-refractivity contribution in [2.45, 2.75) is 0 Å². The molecule has 0 aliphatic carbocycles. The van der Waals surface area contributed by atoms with E-state index in [9.17, 15) is 0 Å². The van der Waals surface area contributed by atoms with Crippen molar-refractivity contribution in [1.82, 2.24) is 4.98 Å². The number of nitrogens with two attached hydrogens (primary N) is 1. The Kier molecular flexibility index (Phi) is 4.01. The fourth-order valence-corrected chi connectivity index (χ4v) is 1.89. The lowest BCUT2D eigenvalue weighted by Gasteiger charge is -2.10. The first-order valence-corrected chi connectivity index (χ1v) is 6.21. The Hall–Kier alpha value is -1.36. The fraction of sp³-hybridized carbons (Fsp3) is 0. The van der Waals surface area contributed by atoms with Gasteiger partial charge in [0.2, 0.25) is 0 Å². The van der Waals surface area contributed by atoms with Crippen molar-refractivity contribution in [3.8, 4) is 0 Å². The largest absolute Gasteiger partial charge is 0.388 e. The van der Waals surface area contributed by atoms with E-state index >= 15 is 0 Å². The zero-order valence-electron chi connectivity index (χ0n) is 9.15. The lowest BCUT2D eigenvalue weighted by Crippen LogP contribution is -2.13. The van der Waals surface area contributed by atoms with Crippen LogP contribution in [0.3, 0.4) is 0 Å². The molecule has 6 heteroatoms. The molecule has 3 nitrogen and oxygen atoms in total. The number of nitrogens with one attached hydrogen (secondary N) is 1. The smallest absolute Gasteiger partial charge is 0.124 e. The van der Waals surface area contributed by atoms with Crippen LogP contribution in [0, 0.1) is 0 Å². The molecule has 0 fully saturated rings. The highest BCUT2D eigenvalue weighted by molar-refractivity contribution is 7.80. The predicted molar refractivity (Wildman–Crippen MR) is 79.9 cm³/mol. The maximum absolute atomic E-state index is 5.94. The van der Waals surface area contributed by atoms with E-state index in [4.69, 9.17) is 41.2 Å². The highest BCUT2D eigenvalue weighted by Crippen LogP contribution is 2.27. The average Bonchev–Trinajstić information content (AvgIpc) is 2.34. The molecule has 0 aliphatic heterocycles. The molecule has 0 bridgehead atoms. The van der Waals surface area contributed by atoms with Gasteiger partial charge >= 0.3 is 0 Å². The van der Waals surface area contributed by atoms with Crippen LogP contribution in [-0.2, 0) is 0 Å². The summed E-state index contributed by atoms with van der Waals surface area (Å²) in [7, 11) is 0. The van der Waals surface area contributed by atoms with Crippen molar-refractivity contribution in [3.63, 3.8) is 0 Å². The Morgan fingerprint density at radius 1 is 1.22 bits per heavy atom. The van der Waals surface area contributed by atoms with Gasteiger partial charge in [-0.1, -0.05) is 35.4 Å². The summed E-state index contributed by atoms with van der Waals surface area (Å²) < 4.78 is 0. The third kappa shape index (κ3) is 2.90. The minimum Gasteiger partial charge on any atom is -0.388 e. The molecule has 92 valence electrons. The first kappa shape index (κ1) is 13.1. The Morgan fingerprint density at radius 3 is 2.67 bits per heavy atom. The molecule has 2 aromatic rings. The summed E-state index contributed by atoms with van der Waals surface area (Å²) in [5, 5.41) is 4.13. The monoisotopic (exact) mass is 297 g/mol. The number of anilines is 2. The second kappa shape index (κ2) is 5.52. The molecule has 1 aromatic heterocycles. The van der Waals surface area contributed by atoms with E-state index in [2.05, 4.69) is 10.3 Å². The summed E-state index contributed by atoms with van der Waals surface area (Å²) >= 11 is 16.7. The van der Waals surface area contributed by atoms with Gasteiger partial charge in [0.05, 0.1) is 15.7 Å². The van der Waals surface area contributed by atoms with Gasteiger partial charge in [-0.2, -0.15) is 0 Å². The van der Waals surface area contributed by atoms with Gasteiger partial charge < -0.3 is 11.1 Å². The van der Waals surface area contributed by atoms with Crippen LogP contribution in [0.5, 0.6) is 0 Å². The normalized spacial score (nSPS) is 10.1. The summed E-state index contributed by atoms with van der Waals surface area (Å²) in [5.74, 6) is 0. The van der Waals surface area contributed by atoms with Crippen molar-refractivity contribution in [1.29, 1.82) is 0 Å². The van der Waals surface area contributed by atoms with Gasteiger partial charge in [-0.05, 0) is 30.3 Å². The van der Waals surface area contributed by atoms with E-state index < -0.39 is 0 Å². The molecule has 2 rings (SSSR count). The quantitative estimate of drug-likeness (QED) is 0.847. The first-order chi connectivity index (χ1) is 8.58. The molecule has 0 unspecified atom stereocenters. The molecule has 0 saturated heterocycles. The van der Waals surface area contributed by atoms with Crippen molar-refractivity contribution < 1.29 is 0 Å². The Balaban J connectivity index is 2.34. The van der Waals surface area contributed by atoms with Crippen LogP contribution in [0.4, 0.5) is 11.4 Å². The van der Waals surface area contributed by atoms with Gasteiger partial charge in [0, 0.05) is 11.9 Å². The second-order valence-corrected chi connectivity index (χ2v) is 4.77. The van der Waals surface area contributed by atoms with E-state index in [-0.39, 0.29) is 4.99 Å². The van der Waals surface area contributed by atoms with Crippen molar-refractivity contribution in [3.05, 3.63) is 52.3 Å². The third-order valence-electron chi connectivity index (χ3n) is 2.24. The average molecular weight is 298 g/mol. The van der Waals surface area contributed by atoms with Crippen LogP contribution in [0.15, 0.2) is 36.5 Å². The van der Waals surface area contributed by atoms with Gasteiger partial charge in [-0.15, -0.1) is 0 Å². The molecule has 0 atom stereocenters. The number of rotatable bonds is 3. The molecular weight excluding hydrogens is 289 g/mol. The lowest BCUT2D eigenvalue weighted by molar-refractivity contribution is 1.29. The molecule has 0 amide bonds. The molecule has 1 aromatic carbocycles. The number of pyridine rings is 1. The van der Waals surface area contributed by atoms with E-state index in [1.807, 2.05) is 12.1 Å². The molecule has 0 aliphatic rings. The summed E-state index contributed by atoms with van der Waals surface area (Å²) in [6.45, 7) is 0. The van der Waals surface area contributed by atoms with Gasteiger partial charge in [-0.3, -0.25) is 4.98 Å². The Bertz CT molecular complexity index is 602. The zero-order chi connectivity index (χ0) is 13.1. The Labute approximate surface area is 120 Å². The van der Waals surface area contributed by atoms with Crippen molar-refractivity contribution in [2.24, 2.45) is 5.73 Å². The lowest BCUT2D eigenvalue weighted by atomic mass is 10.2. The highest BCUT2D eigenvalue weighted by Gasteiger charge is 2.07. The SMILES string of the molecule is NC(=S)c1ncccc1Nc1ccc(Cl)c(Cl)c1. The number of hydrogen-bond donors (Lipinski definition) is 2. The molecule has 0 radical (unpaired) electrons. The van der Waals surface area contributed by atoms with Gasteiger partial charge in [-0.25, -0.2) is 0 Å². The summed E-state index contributed by atoms with van der Waals surface area (Å²) in [6.07, 6.45) is 1.63. The number of thiocarbonyl (C=S) groups is 1. The summed E-state index contributed by atoms with van der Waals surface area (Å²) in [5.41, 5.74) is 7.66. The van der Waals surface area contributed by atoms with Gasteiger partial charge in [0.25, 0.3) is 0 Å². The standard InChI is InChI=1S/C12H9Cl2N3S/c13-8-4-3-7(6-9(8)14)17-10-2-1-5-16-11(10)12(15)18/h1-6,17H,(H2,15,18). The van der Waals surface area contributed by atoms with Crippen LogP contribution in [0.1, 0.15) is 5.69 Å². The highest BCUT2D eigenvalue weighted by atomic mass is 35.5. The molecule has 18 heavy (non-hydrogen) atoms. The maximum atomic E-state index is 5.94. The van der Waals surface area contributed by atoms with Crippen molar-refractivity contribution in [2.75, 3.05) is 5.32 Å².